The van der Waals surface area contributed by atoms with Crippen LogP contribution < -0.4 is 5.32 Å². The molecular weight excluding hydrogens is 360 g/mol. The largest absolute Gasteiger partial charge is 0.444 e. The Morgan fingerprint density at radius 2 is 1.91 bits per heavy atom. The van der Waals surface area contributed by atoms with Crippen LogP contribution in [-0.4, -0.2) is 43.7 Å². The summed E-state index contributed by atoms with van der Waals surface area (Å²) < 4.78 is 11.3. The molecule has 1 saturated heterocycles. The van der Waals surface area contributed by atoms with Crippen LogP contribution in [0.1, 0.15) is 22.2 Å². The van der Waals surface area contributed by atoms with Gasteiger partial charge in [-0.3, -0.25) is 9.69 Å². The minimum atomic E-state index is -0.210. The molecule has 0 spiro atoms. The molecular formula is C17H19BrN2O3. The van der Waals surface area contributed by atoms with Crippen LogP contribution in [0.5, 0.6) is 0 Å². The van der Waals surface area contributed by atoms with Gasteiger partial charge in [0.15, 0.2) is 10.4 Å². The Kier molecular flexibility index (Phi) is 5.48. The van der Waals surface area contributed by atoms with Gasteiger partial charge in [-0.05, 0) is 33.6 Å². The van der Waals surface area contributed by atoms with Gasteiger partial charge in [0.2, 0.25) is 0 Å². The van der Waals surface area contributed by atoms with Gasteiger partial charge in [0, 0.05) is 19.6 Å². The molecule has 122 valence electrons. The number of nitrogens with one attached hydrogen (secondary N) is 1. The summed E-state index contributed by atoms with van der Waals surface area (Å²) in [6.07, 6.45) is 0. The number of benzene rings is 1. The molecule has 1 aromatic carbocycles. The molecule has 0 radical (unpaired) electrons. The molecule has 3 rings (SSSR count). The zero-order valence-electron chi connectivity index (χ0n) is 12.7. The summed E-state index contributed by atoms with van der Waals surface area (Å²) in [7, 11) is 0. The number of amides is 1. The van der Waals surface area contributed by atoms with Crippen molar-refractivity contribution in [2.24, 2.45) is 0 Å². The SMILES string of the molecule is O=C(NC(CN1CCOCC1)c1ccccc1)c1ccc(Br)o1. The topological polar surface area (TPSA) is 54.7 Å². The van der Waals surface area contributed by atoms with Crippen molar-refractivity contribution >= 4 is 21.8 Å². The average Bonchev–Trinajstić information content (AvgIpc) is 3.03. The Bertz CT molecular complexity index is 638. The highest BCUT2D eigenvalue weighted by Gasteiger charge is 2.21. The molecule has 1 amide bonds. The molecule has 5 nitrogen and oxygen atoms in total. The van der Waals surface area contributed by atoms with Crippen LogP contribution >= 0.6 is 15.9 Å². The van der Waals surface area contributed by atoms with E-state index in [0.29, 0.717) is 10.4 Å². The van der Waals surface area contributed by atoms with E-state index in [0.717, 1.165) is 38.4 Å². The van der Waals surface area contributed by atoms with Crippen molar-refractivity contribution in [3.05, 3.63) is 58.5 Å². The summed E-state index contributed by atoms with van der Waals surface area (Å²) in [6, 6.07) is 13.3. The highest BCUT2D eigenvalue weighted by molar-refractivity contribution is 9.10. The third-order valence-corrected chi connectivity index (χ3v) is 4.27. The molecule has 0 bridgehead atoms. The van der Waals surface area contributed by atoms with Gasteiger partial charge >= 0.3 is 0 Å². The van der Waals surface area contributed by atoms with Crippen LogP contribution in [0.4, 0.5) is 0 Å². The van der Waals surface area contributed by atoms with E-state index < -0.39 is 0 Å². The quantitative estimate of drug-likeness (QED) is 0.868. The first-order valence-corrected chi connectivity index (χ1v) is 8.43. The van der Waals surface area contributed by atoms with Crippen molar-refractivity contribution in [1.82, 2.24) is 10.2 Å². The molecule has 2 aromatic rings. The van der Waals surface area contributed by atoms with Crippen molar-refractivity contribution in [3.63, 3.8) is 0 Å². The van der Waals surface area contributed by atoms with E-state index in [9.17, 15) is 4.79 Å². The van der Waals surface area contributed by atoms with Crippen molar-refractivity contribution < 1.29 is 13.9 Å². The summed E-state index contributed by atoms with van der Waals surface area (Å²) >= 11 is 3.22. The second kappa shape index (κ2) is 7.77. The number of hydrogen-bond acceptors (Lipinski definition) is 4. The molecule has 1 aliphatic rings. The first-order valence-electron chi connectivity index (χ1n) is 7.63. The van der Waals surface area contributed by atoms with E-state index in [1.165, 1.54) is 0 Å². The monoisotopic (exact) mass is 378 g/mol. The smallest absolute Gasteiger partial charge is 0.287 e. The fraction of sp³-hybridized carbons (Fsp3) is 0.353. The van der Waals surface area contributed by atoms with E-state index in [1.54, 1.807) is 12.1 Å². The maximum absolute atomic E-state index is 12.4. The van der Waals surface area contributed by atoms with Gasteiger partial charge in [0.1, 0.15) is 0 Å². The molecule has 1 N–H and O–H groups in total. The molecule has 0 aliphatic carbocycles. The molecule has 0 saturated carbocycles. The predicted octanol–water partition coefficient (Wildman–Crippen LogP) is 2.85. The summed E-state index contributed by atoms with van der Waals surface area (Å²) in [5.74, 6) is 0.0950. The van der Waals surface area contributed by atoms with Gasteiger partial charge in [-0.15, -0.1) is 0 Å². The van der Waals surface area contributed by atoms with E-state index in [4.69, 9.17) is 9.15 Å². The Hall–Kier alpha value is -1.63. The summed E-state index contributed by atoms with van der Waals surface area (Å²) in [5, 5.41) is 3.07. The molecule has 1 atom stereocenters. The normalized spacial score (nSPS) is 16.9. The standard InChI is InChI=1S/C17H19BrN2O3/c18-16-7-6-15(23-16)17(21)19-14(13-4-2-1-3-5-13)12-20-8-10-22-11-9-20/h1-7,14H,8-12H2,(H,19,21). The van der Waals surface area contributed by atoms with Crippen LogP contribution in [0.15, 0.2) is 51.6 Å². The van der Waals surface area contributed by atoms with Crippen molar-refractivity contribution in [1.29, 1.82) is 0 Å². The highest BCUT2D eigenvalue weighted by Crippen LogP contribution is 2.18. The predicted molar refractivity (Wildman–Crippen MR) is 90.3 cm³/mol. The number of rotatable bonds is 5. The summed E-state index contributed by atoms with van der Waals surface area (Å²) in [4.78, 5) is 14.7. The van der Waals surface area contributed by atoms with Gasteiger partial charge < -0.3 is 14.5 Å². The average molecular weight is 379 g/mol. The number of morpholine rings is 1. The first kappa shape index (κ1) is 16.2. The Morgan fingerprint density at radius 3 is 2.57 bits per heavy atom. The van der Waals surface area contributed by atoms with Gasteiger partial charge in [0.05, 0.1) is 19.3 Å². The maximum Gasteiger partial charge on any atom is 0.287 e. The lowest BCUT2D eigenvalue weighted by Crippen LogP contribution is -2.43. The van der Waals surface area contributed by atoms with Crippen molar-refractivity contribution in [3.8, 4) is 0 Å². The Labute approximate surface area is 143 Å². The first-order chi connectivity index (χ1) is 11.2. The molecule has 2 heterocycles. The van der Waals surface area contributed by atoms with E-state index in [2.05, 4.69) is 26.1 Å². The molecule has 1 aromatic heterocycles. The third kappa shape index (κ3) is 4.43. The molecule has 1 fully saturated rings. The molecule has 1 aliphatic heterocycles. The number of furan rings is 1. The van der Waals surface area contributed by atoms with Crippen LogP contribution in [0, 0.1) is 0 Å². The number of hydrogen-bond donors (Lipinski definition) is 1. The van der Waals surface area contributed by atoms with Crippen LogP contribution in [0.25, 0.3) is 0 Å². The lowest BCUT2D eigenvalue weighted by Gasteiger charge is -2.31. The molecule has 23 heavy (non-hydrogen) atoms. The number of carbonyl (C=O) groups is 1. The van der Waals surface area contributed by atoms with Gasteiger partial charge in [-0.25, -0.2) is 0 Å². The van der Waals surface area contributed by atoms with Crippen LogP contribution in [0.3, 0.4) is 0 Å². The number of nitrogens with zero attached hydrogens (tertiary/aromatic N) is 1. The second-order valence-electron chi connectivity index (χ2n) is 5.45. The number of ether oxygens (including phenoxy) is 1. The maximum atomic E-state index is 12.4. The highest BCUT2D eigenvalue weighted by atomic mass is 79.9. The Balaban J connectivity index is 1.73. The minimum absolute atomic E-state index is 0.0920. The fourth-order valence-corrected chi connectivity index (χ4v) is 2.93. The number of halogens is 1. The van der Waals surface area contributed by atoms with E-state index >= 15 is 0 Å². The fourth-order valence-electron chi connectivity index (χ4n) is 2.63. The minimum Gasteiger partial charge on any atom is -0.444 e. The van der Waals surface area contributed by atoms with Crippen molar-refractivity contribution in [2.45, 2.75) is 6.04 Å². The van der Waals surface area contributed by atoms with Crippen LogP contribution in [0.2, 0.25) is 0 Å². The second-order valence-corrected chi connectivity index (χ2v) is 6.24. The van der Waals surface area contributed by atoms with Crippen molar-refractivity contribution in [2.75, 3.05) is 32.8 Å². The zero-order valence-corrected chi connectivity index (χ0v) is 14.3. The summed E-state index contributed by atoms with van der Waals surface area (Å²) in [6.45, 7) is 3.99. The zero-order chi connectivity index (χ0) is 16.1. The molecule has 1 unspecified atom stereocenters. The number of carbonyl (C=O) groups excluding carboxylic acids is 1. The summed E-state index contributed by atoms with van der Waals surface area (Å²) in [5.41, 5.74) is 1.08. The lowest BCUT2D eigenvalue weighted by atomic mass is 10.1. The van der Waals surface area contributed by atoms with Gasteiger partial charge in [0.25, 0.3) is 5.91 Å². The van der Waals surface area contributed by atoms with Crippen LogP contribution in [-0.2, 0) is 4.74 Å². The third-order valence-electron chi connectivity index (χ3n) is 3.85. The molecule has 6 heteroatoms. The lowest BCUT2D eigenvalue weighted by molar-refractivity contribution is 0.0331. The van der Waals surface area contributed by atoms with E-state index in [1.807, 2.05) is 30.3 Å². The van der Waals surface area contributed by atoms with Gasteiger partial charge in [-0.1, -0.05) is 30.3 Å². The van der Waals surface area contributed by atoms with E-state index in [-0.39, 0.29) is 11.9 Å². The Morgan fingerprint density at radius 1 is 1.17 bits per heavy atom. The van der Waals surface area contributed by atoms with Gasteiger partial charge in [-0.2, -0.15) is 0 Å².